The Kier molecular flexibility index (Phi) is 7.07. The Morgan fingerprint density at radius 1 is 1.04 bits per heavy atom. The second-order valence-electron chi connectivity index (χ2n) is 6.06. The molecule has 0 saturated carbocycles. The molecule has 0 atom stereocenters. The molecule has 3 heterocycles. The molecule has 0 aliphatic carbocycles. The van der Waals surface area contributed by atoms with Crippen LogP contribution in [-0.4, -0.2) is 58.8 Å². The minimum absolute atomic E-state index is 0.430. The maximum Gasteiger partial charge on any atom is 0.236 e. The molecule has 1 saturated heterocycles. The normalized spacial score (nSPS) is 16.1. The van der Waals surface area contributed by atoms with Crippen LogP contribution in [-0.2, 0) is 16.4 Å². The molecule has 144 valence electrons. The van der Waals surface area contributed by atoms with Crippen LogP contribution in [0.4, 0.5) is 5.95 Å². The van der Waals surface area contributed by atoms with E-state index in [1.54, 1.807) is 36.9 Å². The van der Waals surface area contributed by atoms with Crippen molar-refractivity contribution >= 4 is 38.6 Å². The summed E-state index contributed by atoms with van der Waals surface area (Å²) in [7, 11) is -3.39. The van der Waals surface area contributed by atoms with Gasteiger partial charge in [0.2, 0.25) is 16.0 Å². The number of aryl methyl sites for hydroxylation is 1. The first-order valence-corrected chi connectivity index (χ1v) is 11.3. The van der Waals surface area contributed by atoms with Crippen molar-refractivity contribution in [3.8, 4) is 0 Å². The van der Waals surface area contributed by atoms with Gasteiger partial charge in [-0.3, -0.25) is 0 Å². The molecule has 0 amide bonds. The number of hydrogen-bond donors (Lipinski definition) is 0. The Morgan fingerprint density at radius 2 is 1.70 bits per heavy atom. The van der Waals surface area contributed by atoms with E-state index in [1.165, 1.54) is 9.71 Å². The SMILES string of the molecule is O=S(=O)(/C=C\CCCc1ncccn1)N1CCN(c2ncc(I)cn2)CC1. The number of unbranched alkanes of at least 4 members (excludes halogenated alkanes) is 1. The van der Waals surface area contributed by atoms with Gasteiger partial charge in [0.05, 0.1) is 0 Å². The smallest absolute Gasteiger partial charge is 0.236 e. The van der Waals surface area contributed by atoms with E-state index in [9.17, 15) is 8.42 Å². The zero-order valence-electron chi connectivity index (χ0n) is 14.8. The van der Waals surface area contributed by atoms with Gasteiger partial charge >= 0.3 is 0 Å². The molecule has 0 spiro atoms. The first-order chi connectivity index (χ1) is 13.0. The average Bonchev–Trinajstić information content (AvgIpc) is 2.69. The summed E-state index contributed by atoms with van der Waals surface area (Å²) < 4.78 is 27.4. The highest BCUT2D eigenvalue weighted by atomic mass is 127. The third kappa shape index (κ3) is 5.91. The summed E-state index contributed by atoms with van der Waals surface area (Å²) in [6.45, 7) is 2.03. The molecular formula is C17H21IN6O2S. The van der Waals surface area contributed by atoms with Crippen LogP contribution in [0, 0.1) is 3.57 Å². The second kappa shape index (κ2) is 9.51. The van der Waals surface area contributed by atoms with Crippen molar-refractivity contribution in [2.24, 2.45) is 0 Å². The number of anilines is 1. The van der Waals surface area contributed by atoms with E-state index >= 15 is 0 Å². The average molecular weight is 500 g/mol. The van der Waals surface area contributed by atoms with Gasteiger partial charge in [-0.15, -0.1) is 0 Å². The quantitative estimate of drug-likeness (QED) is 0.424. The Morgan fingerprint density at radius 3 is 2.37 bits per heavy atom. The lowest BCUT2D eigenvalue weighted by Crippen LogP contribution is -2.48. The number of nitrogens with zero attached hydrogens (tertiary/aromatic N) is 6. The summed E-state index contributed by atoms with van der Waals surface area (Å²) in [6.07, 6.45) is 10.9. The molecular weight excluding hydrogens is 479 g/mol. The van der Waals surface area contributed by atoms with Crippen LogP contribution in [0.1, 0.15) is 18.7 Å². The van der Waals surface area contributed by atoms with E-state index in [0.29, 0.717) is 38.5 Å². The van der Waals surface area contributed by atoms with Crippen molar-refractivity contribution in [3.63, 3.8) is 0 Å². The van der Waals surface area contributed by atoms with Gasteiger partial charge in [-0.1, -0.05) is 6.08 Å². The lowest BCUT2D eigenvalue weighted by Gasteiger charge is -2.33. The van der Waals surface area contributed by atoms with Gasteiger partial charge in [0.1, 0.15) is 5.82 Å². The van der Waals surface area contributed by atoms with Crippen molar-refractivity contribution in [2.75, 3.05) is 31.1 Å². The Bertz CT molecular complexity index is 853. The van der Waals surface area contributed by atoms with Crippen LogP contribution in [0.25, 0.3) is 0 Å². The third-order valence-corrected chi connectivity index (χ3v) is 6.33. The van der Waals surface area contributed by atoms with Crippen LogP contribution in [0.2, 0.25) is 0 Å². The van der Waals surface area contributed by atoms with Gasteiger partial charge in [-0.05, 0) is 41.5 Å². The zero-order chi connectivity index (χ0) is 19.1. The maximum absolute atomic E-state index is 12.5. The first kappa shape index (κ1) is 20.1. The Labute approximate surface area is 172 Å². The van der Waals surface area contributed by atoms with Gasteiger partial charge < -0.3 is 4.90 Å². The molecule has 27 heavy (non-hydrogen) atoms. The van der Waals surface area contributed by atoms with Gasteiger partial charge in [0, 0.05) is 66.4 Å². The summed E-state index contributed by atoms with van der Waals surface area (Å²) in [6, 6.07) is 1.78. The van der Waals surface area contributed by atoms with Crippen LogP contribution in [0.15, 0.2) is 42.3 Å². The molecule has 1 aliphatic heterocycles. The minimum atomic E-state index is -3.39. The van der Waals surface area contributed by atoms with Crippen molar-refractivity contribution in [1.82, 2.24) is 24.2 Å². The maximum atomic E-state index is 12.5. The van der Waals surface area contributed by atoms with Gasteiger partial charge in [0.15, 0.2) is 0 Å². The van der Waals surface area contributed by atoms with Crippen molar-refractivity contribution < 1.29 is 8.42 Å². The summed E-state index contributed by atoms with van der Waals surface area (Å²) in [4.78, 5) is 18.9. The largest absolute Gasteiger partial charge is 0.338 e. The molecule has 0 N–H and O–H groups in total. The fourth-order valence-corrected chi connectivity index (χ4v) is 4.23. The van der Waals surface area contributed by atoms with E-state index in [2.05, 4.69) is 42.5 Å². The number of hydrogen-bond acceptors (Lipinski definition) is 7. The van der Waals surface area contributed by atoms with Gasteiger partial charge in [-0.25, -0.2) is 28.4 Å². The molecule has 0 unspecified atom stereocenters. The number of sulfonamides is 1. The van der Waals surface area contributed by atoms with Gasteiger partial charge in [-0.2, -0.15) is 4.31 Å². The molecule has 1 aliphatic rings. The van der Waals surface area contributed by atoms with Crippen LogP contribution < -0.4 is 4.90 Å². The topological polar surface area (TPSA) is 92.2 Å². The van der Waals surface area contributed by atoms with Crippen LogP contribution in [0.3, 0.4) is 0 Å². The molecule has 2 aromatic rings. The van der Waals surface area contributed by atoms with E-state index < -0.39 is 10.0 Å². The lowest BCUT2D eigenvalue weighted by atomic mass is 10.2. The molecule has 10 heteroatoms. The highest BCUT2D eigenvalue weighted by molar-refractivity contribution is 14.1. The number of piperazine rings is 1. The minimum Gasteiger partial charge on any atom is -0.338 e. The van der Waals surface area contributed by atoms with E-state index in [4.69, 9.17) is 0 Å². The van der Waals surface area contributed by atoms with E-state index in [-0.39, 0.29) is 0 Å². The summed E-state index contributed by atoms with van der Waals surface area (Å²) in [5.74, 6) is 1.42. The standard InChI is InChI=1S/C17H21IN6O2S/c18-15-13-21-17(22-14-15)23-8-10-24(11-9-23)27(25,26)12-3-1-2-5-16-19-6-4-7-20-16/h3-4,6-7,12-14H,1-2,5,8-11H2/b12-3-. The number of rotatable bonds is 7. The van der Waals surface area contributed by atoms with Gasteiger partial charge in [0.25, 0.3) is 0 Å². The van der Waals surface area contributed by atoms with E-state index in [0.717, 1.165) is 22.2 Å². The Balaban J connectivity index is 1.45. The highest BCUT2D eigenvalue weighted by Gasteiger charge is 2.25. The number of aromatic nitrogens is 4. The molecule has 2 aromatic heterocycles. The lowest BCUT2D eigenvalue weighted by molar-refractivity contribution is 0.387. The molecule has 0 bridgehead atoms. The third-order valence-electron chi connectivity index (χ3n) is 4.15. The van der Waals surface area contributed by atoms with Crippen LogP contribution >= 0.6 is 22.6 Å². The second-order valence-corrected chi connectivity index (χ2v) is 9.13. The van der Waals surface area contributed by atoms with Crippen molar-refractivity contribution in [1.29, 1.82) is 0 Å². The van der Waals surface area contributed by atoms with E-state index in [1.807, 2.05) is 4.90 Å². The summed E-state index contributed by atoms with van der Waals surface area (Å²) in [5, 5.41) is 1.32. The number of allylic oxidation sites excluding steroid dienone is 1. The monoisotopic (exact) mass is 500 g/mol. The zero-order valence-corrected chi connectivity index (χ0v) is 17.8. The molecule has 8 nitrogen and oxygen atoms in total. The molecule has 0 radical (unpaired) electrons. The van der Waals surface area contributed by atoms with Crippen molar-refractivity contribution in [3.05, 3.63) is 51.7 Å². The summed E-state index contributed by atoms with van der Waals surface area (Å²) >= 11 is 2.16. The summed E-state index contributed by atoms with van der Waals surface area (Å²) in [5.41, 5.74) is 0. The fourth-order valence-electron chi connectivity index (χ4n) is 2.72. The molecule has 0 aromatic carbocycles. The molecule has 3 rings (SSSR count). The predicted octanol–water partition coefficient (Wildman–Crippen LogP) is 1.86. The Hall–Kier alpha value is -1.66. The van der Waals surface area contributed by atoms with Crippen LogP contribution in [0.5, 0.6) is 0 Å². The number of halogens is 1. The predicted molar refractivity (Wildman–Crippen MR) is 112 cm³/mol. The highest BCUT2D eigenvalue weighted by Crippen LogP contribution is 2.15. The fraction of sp³-hybridized carbons (Fsp3) is 0.412. The molecule has 1 fully saturated rings. The van der Waals surface area contributed by atoms with Crippen molar-refractivity contribution in [2.45, 2.75) is 19.3 Å². The first-order valence-electron chi connectivity index (χ1n) is 8.70.